The van der Waals surface area contributed by atoms with Crippen molar-refractivity contribution in [3.63, 3.8) is 0 Å². The molecule has 38 heavy (non-hydrogen) atoms. The van der Waals surface area contributed by atoms with Crippen molar-refractivity contribution in [1.82, 2.24) is 29.6 Å². The molecule has 196 valence electrons. The number of H-pyrrole nitrogens is 1. The molecule has 2 N–H and O–H groups in total. The van der Waals surface area contributed by atoms with Crippen LogP contribution in [0.15, 0.2) is 47.5 Å². The smallest absolute Gasteiger partial charge is 0.332 e. The number of nitrogens with zero attached hydrogens (tertiary/aromatic N) is 6. The molecule has 1 aliphatic carbocycles. The van der Waals surface area contributed by atoms with Gasteiger partial charge in [-0.25, -0.2) is 0 Å². The second-order valence-electron chi connectivity index (χ2n) is 9.71. The highest BCUT2D eigenvalue weighted by molar-refractivity contribution is 7.86. The molecule has 6 rings (SSSR count). The van der Waals surface area contributed by atoms with Gasteiger partial charge in [0.05, 0.1) is 16.8 Å². The third-order valence-electron chi connectivity index (χ3n) is 7.00. The Kier molecular flexibility index (Phi) is 6.25. The number of fused-ring (bicyclic) bond motifs is 1. The van der Waals surface area contributed by atoms with E-state index in [1.807, 2.05) is 22.9 Å². The number of benzene rings is 1. The minimum absolute atomic E-state index is 0.323. The zero-order valence-electron chi connectivity index (χ0n) is 20.6. The van der Waals surface area contributed by atoms with Crippen LogP contribution in [0.3, 0.4) is 0 Å². The third kappa shape index (κ3) is 5.07. The second-order valence-corrected chi connectivity index (χ2v) is 11.1. The van der Waals surface area contributed by atoms with Crippen LogP contribution in [-0.4, -0.2) is 64.2 Å². The molecule has 0 bridgehead atoms. The fourth-order valence-electron chi connectivity index (χ4n) is 4.76. The summed E-state index contributed by atoms with van der Waals surface area (Å²) in [6, 6.07) is 9.91. The number of nitrogens with one attached hydrogen (secondary N) is 2. The molecule has 0 amide bonds. The number of halogens is 1. The molecular weight excluding hydrogens is 507 g/mol. The number of hydrogen-bond donors (Lipinski definition) is 2. The minimum atomic E-state index is -4.69. The van der Waals surface area contributed by atoms with Crippen molar-refractivity contribution in [2.24, 2.45) is 0 Å². The molecule has 4 aromatic rings. The van der Waals surface area contributed by atoms with Crippen molar-refractivity contribution in [1.29, 1.82) is 0 Å². The summed E-state index contributed by atoms with van der Waals surface area (Å²) in [5.41, 5.74) is 2.82. The lowest BCUT2D eigenvalue weighted by Gasteiger charge is -2.35. The van der Waals surface area contributed by atoms with Crippen LogP contribution < -0.4 is 10.2 Å². The molecule has 3 aromatic heterocycles. The van der Waals surface area contributed by atoms with E-state index in [9.17, 15) is 12.3 Å². The summed E-state index contributed by atoms with van der Waals surface area (Å²) in [5.74, 6) is 5.27. The first-order chi connectivity index (χ1) is 18.4. The predicted octanol–water partition coefficient (Wildman–Crippen LogP) is 3.39. The van der Waals surface area contributed by atoms with Crippen molar-refractivity contribution in [3.8, 4) is 12.3 Å². The van der Waals surface area contributed by atoms with Crippen LogP contribution in [0.2, 0.25) is 0 Å². The molecule has 0 radical (unpaired) electrons. The van der Waals surface area contributed by atoms with E-state index in [0.29, 0.717) is 43.9 Å². The maximum atomic E-state index is 13.2. The fraction of sp³-hybridized carbons (Fsp3) is 0.346. The van der Waals surface area contributed by atoms with Gasteiger partial charge in [-0.2, -0.15) is 23.5 Å². The highest BCUT2D eigenvalue weighted by Gasteiger charge is 2.26. The molecule has 1 aromatic carbocycles. The van der Waals surface area contributed by atoms with Gasteiger partial charge in [0.25, 0.3) is 0 Å². The summed E-state index contributed by atoms with van der Waals surface area (Å²) in [6.07, 6.45) is 9.89. The molecule has 2 fully saturated rings. The van der Waals surface area contributed by atoms with E-state index in [1.165, 1.54) is 25.0 Å². The monoisotopic (exact) mass is 534 g/mol. The Morgan fingerprint density at radius 3 is 2.55 bits per heavy atom. The number of aromatic nitrogens is 5. The van der Waals surface area contributed by atoms with Crippen molar-refractivity contribution in [3.05, 3.63) is 53.9 Å². The number of piperazine rings is 1. The Bertz CT molecular complexity index is 1610. The minimum Gasteiger partial charge on any atom is -0.338 e. The molecule has 10 nitrogen and oxygen atoms in total. The second kappa shape index (κ2) is 9.74. The van der Waals surface area contributed by atoms with Crippen molar-refractivity contribution >= 4 is 38.8 Å². The summed E-state index contributed by atoms with van der Waals surface area (Å²) in [7, 11) is -4.69. The van der Waals surface area contributed by atoms with E-state index < -0.39 is 10.2 Å². The van der Waals surface area contributed by atoms with Gasteiger partial charge in [-0.3, -0.25) is 10.00 Å². The summed E-state index contributed by atoms with van der Waals surface area (Å²) >= 11 is 0. The van der Waals surface area contributed by atoms with Gasteiger partial charge >= 0.3 is 10.2 Å². The molecule has 0 unspecified atom stereocenters. The third-order valence-corrected chi connectivity index (χ3v) is 7.83. The van der Waals surface area contributed by atoms with Gasteiger partial charge in [-0.05, 0) is 36.6 Å². The van der Waals surface area contributed by atoms with E-state index >= 15 is 0 Å². The lowest BCUT2D eigenvalue weighted by atomic mass is 10.2. The SMILES string of the molecule is C#CCn1ccc2c(Nc3cc(C4CC4)[nH]n3)nc(N3CCN(Cc4ccc(S(=O)(=O)F)cc4)CC3)nc21. The van der Waals surface area contributed by atoms with Gasteiger partial charge in [-0.15, -0.1) is 10.3 Å². The van der Waals surface area contributed by atoms with Crippen LogP contribution in [0.5, 0.6) is 0 Å². The molecule has 1 saturated carbocycles. The zero-order valence-corrected chi connectivity index (χ0v) is 21.5. The largest absolute Gasteiger partial charge is 0.338 e. The first kappa shape index (κ1) is 24.4. The topological polar surface area (TPSA) is 112 Å². The van der Waals surface area contributed by atoms with Gasteiger partial charge in [0, 0.05) is 56.6 Å². The number of terminal acetylenes is 1. The van der Waals surface area contributed by atoms with Crippen LogP contribution in [0, 0.1) is 12.3 Å². The van der Waals surface area contributed by atoms with E-state index in [4.69, 9.17) is 16.4 Å². The Labute approximate surface area is 220 Å². The van der Waals surface area contributed by atoms with Crippen LogP contribution in [0.1, 0.15) is 30.0 Å². The normalized spacial score (nSPS) is 16.6. The predicted molar refractivity (Wildman–Crippen MR) is 142 cm³/mol. The van der Waals surface area contributed by atoms with Crippen LogP contribution in [0.4, 0.5) is 21.5 Å². The average molecular weight is 535 g/mol. The molecule has 1 saturated heterocycles. The van der Waals surface area contributed by atoms with Crippen molar-refractivity contribution in [2.75, 3.05) is 36.4 Å². The average Bonchev–Trinajstić information content (AvgIpc) is 3.52. The lowest BCUT2D eigenvalue weighted by Crippen LogP contribution is -2.46. The van der Waals surface area contributed by atoms with Crippen molar-refractivity contribution in [2.45, 2.75) is 36.7 Å². The summed E-state index contributed by atoms with van der Waals surface area (Å²) in [4.78, 5) is 13.8. The summed E-state index contributed by atoms with van der Waals surface area (Å²) in [5, 5.41) is 11.8. The zero-order chi connectivity index (χ0) is 26.3. The highest BCUT2D eigenvalue weighted by atomic mass is 32.3. The Morgan fingerprint density at radius 2 is 1.87 bits per heavy atom. The molecule has 2 aliphatic rings. The number of aromatic amines is 1. The van der Waals surface area contributed by atoms with E-state index in [2.05, 4.69) is 31.2 Å². The van der Waals surface area contributed by atoms with Gasteiger partial charge in [0.2, 0.25) is 5.95 Å². The van der Waals surface area contributed by atoms with Crippen molar-refractivity contribution < 1.29 is 12.3 Å². The summed E-state index contributed by atoms with van der Waals surface area (Å²) < 4.78 is 37.2. The Hall–Kier alpha value is -3.95. The van der Waals surface area contributed by atoms with Crippen LogP contribution in [0.25, 0.3) is 11.0 Å². The Morgan fingerprint density at radius 1 is 1.11 bits per heavy atom. The summed E-state index contributed by atoms with van der Waals surface area (Å²) in [6.45, 7) is 4.01. The van der Waals surface area contributed by atoms with E-state index in [0.717, 1.165) is 41.2 Å². The number of hydrogen-bond acceptors (Lipinski definition) is 8. The maximum Gasteiger partial charge on any atom is 0.332 e. The molecule has 0 atom stereocenters. The molecule has 4 heterocycles. The molecule has 1 aliphatic heterocycles. The first-order valence-corrected chi connectivity index (χ1v) is 13.9. The molecule has 0 spiro atoms. The number of anilines is 3. The van der Waals surface area contributed by atoms with Gasteiger partial charge < -0.3 is 14.8 Å². The molecule has 12 heteroatoms. The van der Waals surface area contributed by atoms with Crippen LogP contribution in [-0.2, 0) is 23.3 Å². The van der Waals surface area contributed by atoms with Gasteiger partial charge in [0.1, 0.15) is 11.5 Å². The Balaban J connectivity index is 1.19. The van der Waals surface area contributed by atoms with Gasteiger partial charge in [0.15, 0.2) is 5.82 Å². The lowest BCUT2D eigenvalue weighted by molar-refractivity contribution is 0.248. The van der Waals surface area contributed by atoms with Gasteiger partial charge in [-0.1, -0.05) is 18.1 Å². The quantitative estimate of drug-likeness (QED) is 0.261. The van der Waals surface area contributed by atoms with E-state index in [-0.39, 0.29) is 4.90 Å². The maximum absolute atomic E-state index is 13.2. The first-order valence-electron chi connectivity index (χ1n) is 12.5. The standard InChI is InChI=1S/C26H27FN8O2S/c1-2-10-34-11-9-21-24(28-23-16-22(31-32-23)19-5-6-19)29-26(30-25(21)34)35-14-12-33(13-15-35)17-18-3-7-20(8-4-18)38(27,36)37/h1,3-4,7-9,11,16,19H,5-6,10,12-15,17H2,(H2,28,29,30,31,32). The van der Waals surface area contributed by atoms with E-state index in [1.54, 1.807) is 12.1 Å². The highest BCUT2D eigenvalue weighted by Crippen LogP contribution is 2.40. The number of rotatable bonds is 8. The molecular formula is C26H27FN8O2S. The van der Waals surface area contributed by atoms with Crippen LogP contribution >= 0.6 is 0 Å². The fourth-order valence-corrected chi connectivity index (χ4v) is 5.22.